The van der Waals surface area contributed by atoms with Gasteiger partial charge < -0.3 is 15.8 Å². The standard InChI is InChI=1S/C15H24N2O/c16-9-7-13-3-5-14(6-4-13)12-17-10-8-15-2-1-11-18-15/h3-6,15,17H,1-2,7-12,16H2. The molecule has 1 fully saturated rings. The molecule has 0 aromatic heterocycles. The molecule has 0 bridgehead atoms. The van der Waals surface area contributed by atoms with Crippen molar-refractivity contribution in [3.63, 3.8) is 0 Å². The van der Waals surface area contributed by atoms with Gasteiger partial charge in [-0.2, -0.15) is 0 Å². The first-order valence-corrected chi connectivity index (χ1v) is 6.98. The van der Waals surface area contributed by atoms with Gasteiger partial charge in [-0.05, 0) is 49.9 Å². The Labute approximate surface area is 110 Å². The van der Waals surface area contributed by atoms with Crippen LogP contribution >= 0.6 is 0 Å². The third-order valence-corrected chi connectivity index (χ3v) is 3.45. The third kappa shape index (κ3) is 4.41. The smallest absolute Gasteiger partial charge is 0.0588 e. The average Bonchev–Trinajstić information content (AvgIpc) is 2.90. The van der Waals surface area contributed by atoms with E-state index in [-0.39, 0.29) is 0 Å². The van der Waals surface area contributed by atoms with Gasteiger partial charge >= 0.3 is 0 Å². The molecule has 0 radical (unpaired) electrons. The molecule has 0 spiro atoms. The SMILES string of the molecule is NCCc1ccc(CNCCC2CCCO2)cc1. The second-order valence-electron chi connectivity index (χ2n) is 4.96. The predicted molar refractivity (Wildman–Crippen MR) is 74.5 cm³/mol. The summed E-state index contributed by atoms with van der Waals surface area (Å²) in [6, 6.07) is 8.71. The summed E-state index contributed by atoms with van der Waals surface area (Å²) in [4.78, 5) is 0. The van der Waals surface area contributed by atoms with E-state index in [4.69, 9.17) is 10.5 Å². The Balaban J connectivity index is 1.63. The van der Waals surface area contributed by atoms with E-state index in [2.05, 4.69) is 29.6 Å². The van der Waals surface area contributed by atoms with Crippen molar-refractivity contribution in [1.29, 1.82) is 0 Å². The van der Waals surface area contributed by atoms with Gasteiger partial charge in [0.2, 0.25) is 0 Å². The highest BCUT2D eigenvalue weighted by atomic mass is 16.5. The van der Waals surface area contributed by atoms with Crippen molar-refractivity contribution in [2.24, 2.45) is 5.73 Å². The van der Waals surface area contributed by atoms with Crippen molar-refractivity contribution in [3.8, 4) is 0 Å². The number of rotatable bonds is 7. The molecule has 2 rings (SSSR count). The number of benzene rings is 1. The van der Waals surface area contributed by atoms with Gasteiger partial charge in [0.05, 0.1) is 6.10 Å². The van der Waals surface area contributed by atoms with Crippen LogP contribution in [-0.2, 0) is 17.7 Å². The number of hydrogen-bond donors (Lipinski definition) is 2. The number of nitrogens with one attached hydrogen (secondary N) is 1. The van der Waals surface area contributed by atoms with Crippen LogP contribution in [0.15, 0.2) is 24.3 Å². The molecule has 1 heterocycles. The van der Waals surface area contributed by atoms with E-state index >= 15 is 0 Å². The second kappa shape index (κ2) is 7.52. The average molecular weight is 248 g/mol. The highest BCUT2D eigenvalue weighted by Gasteiger charge is 2.14. The molecule has 3 heteroatoms. The number of hydrogen-bond acceptors (Lipinski definition) is 3. The molecular weight excluding hydrogens is 224 g/mol. The van der Waals surface area contributed by atoms with Gasteiger partial charge in [0, 0.05) is 13.2 Å². The van der Waals surface area contributed by atoms with Crippen molar-refractivity contribution in [2.75, 3.05) is 19.7 Å². The Kier molecular flexibility index (Phi) is 5.65. The lowest BCUT2D eigenvalue weighted by molar-refractivity contribution is 0.104. The molecule has 3 N–H and O–H groups in total. The van der Waals surface area contributed by atoms with Crippen molar-refractivity contribution < 1.29 is 4.74 Å². The predicted octanol–water partition coefficient (Wildman–Crippen LogP) is 1.85. The molecule has 1 aliphatic heterocycles. The van der Waals surface area contributed by atoms with Crippen LogP contribution in [0.5, 0.6) is 0 Å². The molecule has 1 unspecified atom stereocenters. The van der Waals surface area contributed by atoms with Gasteiger partial charge in [0.1, 0.15) is 0 Å². The fourth-order valence-electron chi connectivity index (χ4n) is 2.36. The van der Waals surface area contributed by atoms with Gasteiger partial charge in [-0.15, -0.1) is 0 Å². The third-order valence-electron chi connectivity index (χ3n) is 3.45. The van der Waals surface area contributed by atoms with Crippen molar-refractivity contribution in [3.05, 3.63) is 35.4 Å². The Morgan fingerprint density at radius 2 is 2.00 bits per heavy atom. The molecule has 100 valence electrons. The van der Waals surface area contributed by atoms with E-state index < -0.39 is 0 Å². The van der Waals surface area contributed by atoms with Gasteiger partial charge in [-0.3, -0.25) is 0 Å². The van der Waals surface area contributed by atoms with Crippen LogP contribution in [0.25, 0.3) is 0 Å². The van der Waals surface area contributed by atoms with Crippen molar-refractivity contribution in [2.45, 2.75) is 38.3 Å². The van der Waals surface area contributed by atoms with E-state index in [1.165, 1.54) is 24.0 Å². The van der Waals surface area contributed by atoms with Crippen molar-refractivity contribution in [1.82, 2.24) is 5.32 Å². The molecular formula is C15H24N2O. The summed E-state index contributed by atoms with van der Waals surface area (Å²) >= 11 is 0. The van der Waals surface area contributed by atoms with Crippen LogP contribution in [0, 0.1) is 0 Å². The monoisotopic (exact) mass is 248 g/mol. The fraction of sp³-hybridized carbons (Fsp3) is 0.600. The summed E-state index contributed by atoms with van der Waals surface area (Å²) in [6.07, 6.45) is 5.05. The van der Waals surface area contributed by atoms with Crippen LogP contribution in [-0.4, -0.2) is 25.8 Å². The Morgan fingerprint density at radius 1 is 1.22 bits per heavy atom. The Morgan fingerprint density at radius 3 is 2.67 bits per heavy atom. The summed E-state index contributed by atoms with van der Waals surface area (Å²) in [5, 5.41) is 3.48. The first-order valence-electron chi connectivity index (χ1n) is 6.98. The maximum absolute atomic E-state index is 5.60. The van der Waals surface area contributed by atoms with Gasteiger partial charge in [-0.1, -0.05) is 24.3 Å². The molecule has 3 nitrogen and oxygen atoms in total. The first-order chi connectivity index (χ1) is 8.88. The van der Waals surface area contributed by atoms with E-state index in [9.17, 15) is 0 Å². The van der Waals surface area contributed by atoms with Crippen LogP contribution < -0.4 is 11.1 Å². The highest BCUT2D eigenvalue weighted by molar-refractivity contribution is 5.22. The van der Waals surface area contributed by atoms with Crippen LogP contribution in [0.1, 0.15) is 30.4 Å². The zero-order valence-electron chi connectivity index (χ0n) is 11.0. The summed E-state index contributed by atoms with van der Waals surface area (Å²) in [5.41, 5.74) is 8.19. The number of nitrogens with two attached hydrogens (primary N) is 1. The highest BCUT2D eigenvalue weighted by Crippen LogP contribution is 2.14. The summed E-state index contributed by atoms with van der Waals surface area (Å²) in [6.45, 7) is 3.65. The molecule has 18 heavy (non-hydrogen) atoms. The van der Waals surface area contributed by atoms with E-state index in [0.717, 1.165) is 39.1 Å². The van der Waals surface area contributed by atoms with Crippen LogP contribution in [0.2, 0.25) is 0 Å². The Hall–Kier alpha value is -0.900. The molecule has 0 aliphatic carbocycles. The maximum Gasteiger partial charge on any atom is 0.0588 e. The zero-order chi connectivity index (χ0) is 12.6. The van der Waals surface area contributed by atoms with Gasteiger partial charge in [-0.25, -0.2) is 0 Å². The topological polar surface area (TPSA) is 47.3 Å². The molecule has 1 aromatic rings. The lowest BCUT2D eigenvalue weighted by Crippen LogP contribution is -2.19. The molecule has 1 atom stereocenters. The first kappa shape index (κ1) is 13.5. The summed E-state index contributed by atoms with van der Waals surface area (Å²) in [7, 11) is 0. The van der Waals surface area contributed by atoms with E-state index in [1.54, 1.807) is 0 Å². The van der Waals surface area contributed by atoms with Gasteiger partial charge in [0.25, 0.3) is 0 Å². The molecule has 1 aliphatic rings. The van der Waals surface area contributed by atoms with Crippen LogP contribution in [0.4, 0.5) is 0 Å². The molecule has 0 saturated carbocycles. The minimum Gasteiger partial charge on any atom is -0.378 e. The second-order valence-corrected chi connectivity index (χ2v) is 4.96. The minimum atomic E-state index is 0.490. The maximum atomic E-state index is 5.60. The van der Waals surface area contributed by atoms with Gasteiger partial charge in [0.15, 0.2) is 0 Å². The van der Waals surface area contributed by atoms with Crippen LogP contribution in [0.3, 0.4) is 0 Å². The Bertz CT molecular complexity index is 331. The quantitative estimate of drug-likeness (QED) is 0.724. The molecule has 1 aromatic carbocycles. The summed E-state index contributed by atoms with van der Waals surface area (Å²) < 4.78 is 5.60. The van der Waals surface area contributed by atoms with Crippen molar-refractivity contribution >= 4 is 0 Å². The van der Waals surface area contributed by atoms with E-state index in [0.29, 0.717) is 6.10 Å². The lowest BCUT2D eigenvalue weighted by atomic mass is 10.1. The normalized spacial score (nSPS) is 19.3. The van der Waals surface area contributed by atoms with E-state index in [1.807, 2.05) is 0 Å². The fourth-order valence-corrected chi connectivity index (χ4v) is 2.36. The molecule has 0 amide bonds. The lowest BCUT2D eigenvalue weighted by Gasteiger charge is -2.10. The minimum absolute atomic E-state index is 0.490. The largest absolute Gasteiger partial charge is 0.378 e. The number of ether oxygens (including phenoxy) is 1. The summed E-state index contributed by atoms with van der Waals surface area (Å²) in [5.74, 6) is 0. The molecule has 1 saturated heterocycles. The zero-order valence-corrected chi connectivity index (χ0v) is 11.0.